The molecule has 0 bridgehead atoms. The molecular formula is C9H9BrO5S. The Morgan fingerprint density at radius 3 is 2.62 bits per heavy atom. The minimum Gasteiger partial charge on any atom is -0.478 e. The molecule has 1 aromatic carbocycles. The Morgan fingerprint density at radius 2 is 2.12 bits per heavy atom. The highest BCUT2D eigenvalue weighted by Crippen LogP contribution is 2.22. The van der Waals surface area contributed by atoms with Crippen molar-refractivity contribution in [2.75, 3.05) is 13.0 Å². The van der Waals surface area contributed by atoms with Crippen molar-refractivity contribution in [1.82, 2.24) is 0 Å². The minimum absolute atomic E-state index is 0.253. The molecule has 1 N–H and O–H groups in total. The lowest BCUT2D eigenvalue weighted by Gasteiger charge is -2.07. The lowest BCUT2D eigenvalue weighted by Crippen LogP contribution is -2.13. The summed E-state index contributed by atoms with van der Waals surface area (Å²) in [5.41, 5.74) is -0.264. The van der Waals surface area contributed by atoms with Gasteiger partial charge in [0, 0.05) is 11.6 Å². The van der Waals surface area contributed by atoms with E-state index in [2.05, 4.69) is 20.7 Å². The minimum atomic E-state index is -3.74. The van der Waals surface area contributed by atoms with Gasteiger partial charge in [-0.3, -0.25) is 0 Å². The van der Waals surface area contributed by atoms with E-state index in [4.69, 9.17) is 5.11 Å². The normalized spacial score (nSPS) is 11.4. The van der Waals surface area contributed by atoms with Gasteiger partial charge in [-0.2, -0.15) is 0 Å². The predicted molar refractivity (Wildman–Crippen MR) is 60.2 cm³/mol. The van der Waals surface area contributed by atoms with Gasteiger partial charge >= 0.3 is 5.97 Å². The van der Waals surface area contributed by atoms with E-state index in [1.54, 1.807) is 0 Å². The van der Waals surface area contributed by atoms with Crippen LogP contribution in [0.5, 0.6) is 0 Å². The van der Waals surface area contributed by atoms with Gasteiger partial charge in [-0.15, -0.1) is 0 Å². The number of carbonyl (C=O) groups is 1. The Bertz CT molecular complexity index is 509. The van der Waals surface area contributed by atoms with Gasteiger partial charge in [0.05, 0.1) is 10.5 Å². The van der Waals surface area contributed by atoms with E-state index in [0.29, 0.717) is 4.47 Å². The smallest absolute Gasteiger partial charge is 0.337 e. The summed E-state index contributed by atoms with van der Waals surface area (Å²) >= 11 is 3.09. The largest absolute Gasteiger partial charge is 0.478 e. The second-order valence-electron chi connectivity index (χ2n) is 2.97. The lowest BCUT2D eigenvalue weighted by molar-refractivity contribution is 0.0692. The predicted octanol–water partition coefficient (Wildman–Crippen LogP) is 1.52. The summed E-state index contributed by atoms with van der Waals surface area (Å²) in [4.78, 5) is 10.6. The number of rotatable bonds is 4. The van der Waals surface area contributed by atoms with Crippen LogP contribution in [-0.4, -0.2) is 32.5 Å². The molecule has 16 heavy (non-hydrogen) atoms. The van der Waals surface area contributed by atoms with Crippen molar-refractivity contribution >= 4 is 31.7 Å². The Labute approximate surface area is 101 Å². The van der Waals surface area contributed by atoms with Crippen LogP contribution in [0.25, 0.3) is 0 Å². The zero-order valence-electron chi connectivity index (χ0n) is 8.31. The molecule has 0 saturated carbocycles. The first-order valence-corrected chi connectivity index (χ1v) is 6.57. The maximum atomic E-state index is 11.7. The van der Waals surface area contributed by atoms with Crippen LogP contribution in [0.3, 0.4) is 0 Å². The molecular weight excluding hydrogens is 300 g/mol. The van der Waals surface area contributed by atoms with Gasteiger partial charge in [-0.05, 0) is 18.2 Å². The second-order valence-corrected chi connectivity index (χ2v) is 5.79. The van der Waals surface area contributed by atoms with E-state index >= 15 is 0 Å². The third-order valence-corrected chi connectivity index (χ3v) is 3.83. The van der Waals surface area contributed by atoms with Gasteiger partial charge in [0.25, 0.3) is 0 Å². The molecule has 0 spiro atoms. The molecule has 0 fully saturated rings. The summed E-state index contributed by atoms with van der Waals surface area (Å²) in [6.07, 6.45) is 0. The maximum absolute atomic E-state index is 11.7. The molecule has 88 valence electrons. The number of hydrogen-bond donors (Lipinski definition) is 1. The molecule has 0 saturated heterocycles. The molecule has 0 amide bonds. The van der Waals surface area contributed by atoms with Gasteiger partial charge in [0.2, 0.25) is 9.84 Å². The van der Waals surface area contributed by atoms with Gasteiger partial charge in [0.15, 0.2) is 5.94 Å². The Morgan fingerprint density at radius 1 is 1.50 bits per heavy atom. The fraction of sp³-hybridized carbons (Fsp3) is 0.222. The highest BCUT2D eigenvalue weighted by Gasteiger charge is 2.22. The molecule has 1 aromatic rings. The first kappa shape index (κ1) is 13.1. The molecule has 1 rings (SSSR count). The Hall–Kier alpha value is -0.920. The van der Waals surface area contributed by atoms with Crippen LogP contribution in [0.2, 0.25) is 0 Å². The van der Waals surface area contributed by atoms with Crippen molar-refractivity contribution in [3.05, 3.63) is 28.2 Å². The van der Waals surface area contributed by atoms with E-state index in [1.807, 2.05) is 0 Å². The van der Waals surface area contributed by atoms with Gasteiger partial charge in [0.1, 0.15) is 0 Å². The summed E-state index contributed by atoms with van der Waals surface area (Å²) < 4.78 is 28.4. The summed E-state index contributed by atoms with van der Waals surface area (Å²) in [5, 5.41) is 8.87. The molecule has 0 radical (unpaired) electrons. The van der Waals surface area contributed by atoms with E-state index in [1.165, 1.54) is 25.3 Å². The highest BCUT2D eigenvalue weighted by atomic mass is 79.9. The van der Waals surface area contributed by atoms with Crippen molar-refractivity contribution in [2.45, 2.75) is 4.90 Å². The third kappa shape index (κ3) is 2.81. The van der Waals surface area contributed by atoms with E-state index in [9.17, 15) is 13.2 Å². The summed E-state index contributed by atoms with van der Waals surface area (Å²) in [7, 11) is -2.51. The molecule has 0 unspecified atom stereocenters. The number of ether oxygens (including phenoxy) is 1. The number of carboxylic acids is 1. The molecule has 7 heteroatoms. The van der Waals surface area contributed by atoms with Crippen LogP contribution in [0.4, 0.5) is 0 Å². The van der Waals surface area contributed by atoms with E-state index in [-0.39, 0.29) is 10.5 Å². The van der Waals surface area contributed by atoms with Gasteiger partial charge in [-0.25, -0.2) is 13.2 Å². The van der Waals surface area contributed by atoms with Crippen molar-refractivity contribution in [3.63, 3.8) is 0 Å². The molecule has 0 aliphatic rings. The van der Waals surface area contributed by atoms with Crippen molar-refractivity contribution in [3.8, 4) is 0 Å². The van der Waals surface area contributed by atoms with Crippen molar-refractivity contribution in [2.24, 2.45) is 0 Å². The summed E-state index contributed by atoms with van der Waals surface area (Å²) in [6, 6.07) is 3.95. The first-order valence-electron chi connectivity index (χ1n) is 4.13. The average molecular weight is 309 g/mol. The Balaban J connectivity index is 3.42. The van der Waals surface area contributed by atoms with Crippen molar-refractivity contribution in [1.29, 1.82) is 0 Å². The quantitative estimate of drug-likeness (QED) is 0.912. The first-order chi connectivity index (χ1) is 7.38. The van der Waals surface area contributed by atoms with Gasteiger partial charge in [-0.1, -0.05) is 15.9 Å². The monoisotopic (exact) mass is 308 g/mol. The number of hydrogen-bond acceptors (Lipinski definition) is 4. The third-order valence-electron chi connectivity index (χ3n) is 1.78. The maximum Gasteiger partial charge on any atom is 0.337 e. The number of aromatic carboxylic acids is 1. The van der Waals surface area contributed by atoms with Crippen LogP contribution in [0.1, 0.15) is 10.4 Å². The zero-order valence-corrected chi connectivity index (χ0v) is 10.7. The molecule has 0 aromatic heterocycles. The fourth-order valence-corrected chi connectivity index (χ4v) is 2.90. The molecule has 0 aliphatic heterocycles. The summed E-state index contributed by atoms with van der Waals surface area (Å²) in [5.74, 6) is -1.84. The number of benzene rings is 1. The molecule has 5 nitrogen and oxygen atoms in total. The molecule has 0 aliphatic carbocycles. The molecule has 0 atom stereocenters. The van der Waals surface area contributed by atoms with Crippen LogP contribution in [0.15, 0.2) is 27.6 Å². The lowest BCUT2D eigenvalue weighted by atomic mass is 10.2. The van der Waals surface area contributed by atoms with Crippen LogP contribution in [-0.2, 0) is 14.6 Å². The number of sulfone groups is 1. The Kier molecular flexibility index (Phi) is 4.06. The van der Waals surface area contributed by atoms with Crippen LogP contribution >= 0.6 is 15.9 Å². The SMILES string of the molecule is COCS(=O)(=O)c1cc(Br)ccc1C(=O)O. The van der Waals surface area contributed by atoms with E-state index < -0.39 is 21.7 Å². The van der Waals surface area contributed by atoms with Crippen LogP contribution in [0, 0.1) is 0 Å². The van der Waals surface area contributed by atoms with Gasteiger partial charge < -0.3 is 9.84 Å². The number of carboxylic acid groups (broad SMARTS) is 1. The number of methoxy groups -OCH3 is 1. The standard InChI is InChI=1S/C9H9BrO5S/c1-15-5-16(13,14)8-4-6(10)2-3-7(8)9(11)12/h2-4H,5H2,1H3,(H,11,12). The second kappa shape index (κ2) is 4.94. The zero-order chi connectivity index (χ0) is 12.3. The van der Waals surface area contributed by atoms with Crippen molar-refractivity contribution < 1.29 is 23.1 Å². The topological polar surface area (TPSA) is 80.7 Å². The fourth-order valence-electron chi connectivity index (χ4n) is 1.15. The van der Waals surface area contributed by atoms with E-state index in [0.717, 1.165) is 0 Å². The summed E-state index contributed by atoms with van der Waals surface area (Å²) in [6.45, 7) is 0. The van der Waals surface area contributed by atoms with Crippen LogP contribution < -0.4 is 0 Å². The average Bonchev–Trinajstić information content (AvgIpc) is 2.17. The number of halogens is 1. The highest BCUT2D eigenvalue weighted by molar-refractivity contribution is 9.10. The molecule has 0 heterocycles.